The molecular weight excluding hydrogens is 140 g/mol. The minimum atomic E-state index is 0.336. The van der Waals surface area contributed by atoms with Crippen molar-refractivity contribution in [1.82, 2.24) is 0 Å². The number of rotatable bonds is 2. The largest absolute Gasteiger partial charge is 0.483 e. The molecule has 45 valence electrons. The van der Waals surface area contributed by atoms with Gasteiger partial charge in [0.1, 0.15) is 0 Å². The Morgan fingerprint density at radius 3 is 2.25 bits per heavy atom. The molecule has 0 atom stereocenters. The van der Waals surface area contributed by atoms with Crippen LogP contribution in [-0.4, -0.2) is 16.5 Å². The average Bonchev–Trinajstić information content (AvgIpc) is 1.67. The molecule has 3 heteroatoms. The number of thiocarbonyl (C=S) groups is 2. The molecule has 0 unspecified atom stereocenters. The van der Waals surface area contributed by atoms with Crippen molar-refractivity contribution in [1.29, 1.82) is 0 Å². The third-order valence-corrected chi connectivity index (χ3v) is 1.18. The molecule has 0 N–H and O–H groups in total. The molecule has 0 aromatic rings. The topological polar surface area (TPSA) is 9.23 Å². The van der Waals surface area contributed by atoms with E-state index in [2.05, 4.69) is 31.4 Å². The molecule has 0 aromatic heterocycles. The molecule has 1 nitrogen and oxygen atoms in total. The Morgan fingerprint density at radius 1 is 1.62 bits per heavy atom. The second kappa shape index (κ2) is 3.92. The van der Waals surface area contributed by atoms with Gasteiger partial charge in [-0.2, -0.15) is 0 Å². The average molecular weight is 147 g/mol. The summed E-state index contributed by atoms with van der Waals surface area (Å²) in [5.74, 6) is 0. The highest BCUT2D eigenvalue weighted by Crippen LogP contribution is 1.85. The Labute approximate surface area is 60.0 Å². The van der Waals surface area contributed by atoms with Crippen molar-refractivity contribution in [3.05, 3.63) is 6.92 Å². The fourth-order valence-corrected chi connectivity index (χ4v) is 0.388. The molecule has 1 radical (unpaired) electrons. The first kappa shape index (κ1) is 7.98. The van der Waals surface area contributed by atoms with Gasteiger partial charge in [0.05, 0.1) is 11.5 Å². The third kappa shape index (κ3) is 3.04. The van der Waals surface area contributed by atoms with Gasteiger partial charge in [-0.15, -0.1) is 0 Å². The molecule has 0 heterocycles. The third-order valence-electron chi connectivity index (χ3n) is 0.503. The van der Waals surface area contributed by atoms with E-state index in [0.29, 0.717) is 16.5 Å². The van der Waals surface area contributed by atoms with Crippen molar-refractivity contribution >= 4 is 34.4 Å². The van der Waals surface area contributed by atoms with E-state index < -0.39 is 0 Å². The zero-order valence-electron chi connectivity index (χ0n) is 4.64. The molecule has 0 amide bonds. The van der Waals surface area contributed by atoms with Crippen molar-refractivity contribution in [3.8, 4) is 0 Å². The molecular formula is C5H7OS2. The Balaban J connectivity index is 3.49. The minimum absolute atomic E-state index is 0.336. The van der Waals surface area contributed by atoms with Gasteiger partial charge >= 0.3 is 0 Å². The van der Waals surface area contributed by atoms with Crippen molar-refractivity contribution in [2.75, 3.05) is 6.61 Å². The van der Waals surface area contributed by atoms with Gasteiger partial charge < -0.3 is 4.74 Å². The van der Waals surface area contributed by atoms with Gasteiger partial charge in [0.2, 0.25) is 0 Å². The summed E-state index contributed by atoms with van der Waals surface area (Å²) in [6.07, 6.45) is 0. The Kier molecular flexibility index (Phi) is 3.91. The molecule has 8 heavy (non-hydrogen) atoms. The summed E-state index contributed by atoms with van der Waals surface area (Å²) >= 11 is 9.26. The highest BCUT2D eigenvalue weighted by atomic mass is 32.1. The molecule has 0 saturated heterocycles. The highest BCUT2D eigenvalue weighted by molar-refractivity contribution is 7.89. The highest BCUT2D eigenvalue weighted by Gasteiger charge is 1.95. The van der Waals surface area contributed by atoms with E-state index in [1.54, 1.807) is 0 Å². The van der Waals surface area contributed by atoms with E-state index in [1.807, 2.05) is 6.92 Å². The van der Waals surface area contributed by atoms with Crippen LogP contribution in [0.5, 0.6) is 0 Å². The van der Waals surface area contributed by atoms with Crippen LogP contribution in [0.15, 0.2) is 0 Å². The van der Waals surface area contributed by atoms with Crippen LogP contribution in [0, 0.1) is 6.92 Å². The fraction of sp³-hybridized carbons (Fsp3) is 0.400. The summed E-state index contributed by atoms with van der Waals surface area (Å²) in [5.41, 5.74) is 0. The maximum Gasteiger partial charge on any atom is 0.198 e. The fourth-order valence-electron chi connectivity index (χ4n) is 0.212. The lowest BCUT2D eigenvalue weighted by molar-refractivity contribution is 0.343. The Morgan fingerprint density at radius 2 is 2.12 bits per heavy atom. The van der Waals surface area contributed by atoms with Crippen molar-refractivity contribution in [3.63, 3.8) is 0 Å². The van der Waals surface area contributed by atoms with Crippen LogP contribution < -0.4 is 0 Å². The first-order chi connectivity index (χ1) is 3.68. The molecule has 0 aliphatic heterocycles. The number of hydrogen-bond acceptors (Lipinski definition) is 3. The molecule has 0 saturated carbocycles. The zero-order valence-corrected chi connectivity index (χ0v) is 6.27. The van der Waals surface area contributed by atoms with Crippen LogP contribution in [-0.2, 0) is 4.74 Å². The molecule has 0 aliphatic carbocycles. The minimum Gasteiger partial charge on any atom is -0.483 e. The second-order valence-electron chi connectivity index (χ2n) is 1.14. The van der Waals surface area contributed by atoms with Gasteiger partial charge in [-0.3, -0.25) is 0 Å². The molecule has 0 aromatic carbocycles. The zero-order chi connectivity index (χ0) is 6.57. The Hall–Kier alpha value is -0.0200. The van der Waals surface area contributed by atoms with E-state index in [0.717, 1.165) is 0 Å². The van der Waals surface area contributed by atoms with Crippen LogP contribution in [0.1, 0.15) is 6.92 Å². The molecule has 0 spiro atoms. The lowest BCUT2D eigenvalue weighted by Crippen LogP contribution is -2.08. The number of ether oxygens (including phenoxy) is 1. The van der Waals surface area contributed by atoms with E-state index in [1.165, 1.54) is 0 Å². The summed E-state index contributed by atoms with van der Waals surface area (Å²) in [6, 6.07) is 0. The standard InChI is InChI=1S/C5H7OS2/c1-3-6-5(8)4(2)7/h2-3H2,1H3. The van der Waals surface area contributed by atoms with Gasteiger partial charge in [0.15, 0.2) is 5.05 Å². The lowest BCUT2D eigenvalue weighted by Gasteiger charge is -1.99. The van der Waals surface area contributed by atoms with Crippen LogP contribution >= 0.6 is 24.4 Å². The van der Waals surface area contributed by atoms with Crippen molar-refractivity contribution in [2.24, 2.45) is 0 Å². The molecule has 0 fully saturated rings. The summed E-state index contributed by atoms with van der Waals surface area (Å²) in [6.45, 7) is 5.84. The quantitative estimate of drug-likeness (QED) is 0.548. The first-order valence-electron chi connectivity index (χ1n) is 2.21. The smallest absolute Gasteiger partial charge is 0.198 e. The van der Waals surface area contributed by atoms with Gasteiger partial charge in [0.25, 0.3) is 0 Å². The van der Waals surface area contributed by atoms with E-state index in [9.17, 15) is 0 Å². The van der Waals surface area contributed by atoms with Crippen LogP contribution in [0.25, 0.3) is 0 Å². The monoisotopic (exact) mass is 147 g/mol. The van der Waals surface area contributed by atoms with E-state index in [-0.39, 0.29) is 0 Å². The van der Waals surface area contributed by atoms with Crippen molar-refractivity contribution < 1.29 is 4.74 Å². The first-order valence-corrected chi connectivity index (χ1v) is 3.03. The van der Waals surface area contributed by atoms with Crippen LogP contribution in [0.3, 0.4) is 0 Å². The SMILES string of the molecule is [CH2]C(=S)C(=S)OCC. The van der Waals surface area contributed by atoms with Gasteiger partial charge in [0, 0.05) is 0 Å². The molecule has 0 bridgehead atoms. The summed E-state index contributed by atoms with van der Waals surface area (Å²) < 4.78 is 4.83. The normalized spacial score (nSPS) is 8.25. The van der Waals surface area contributed by atoms with Gasteiger partial charge in [-0.25, -0.2) is 0 Å². The predicted molar refractivity (Wildman–Crippen MR) is 42.2 cm³/mol. The number of hydrogen-bond donors (Lipinski definition) is 0. The van der Waals surface area contributed by atoms with E-state index in [4.69, 9.17) is 4.74 Å². The lowest BCUT2D eigenvalue weighted by atomic mass is 10.5. The predicted octanol–water partition coefficient (Wildman–Crippen LogP) is 1.55. The second-order valence-corrected chi connectivity index (χ2v) is 2.01. The summed E-state index contributed by atoms with van der Waals surface area (Å²) in [7, 11) is 0. The van der Waals surface area contributed by atoms with Crippen molar-refractivity contribution in [2.45, 2.75) is 6.92 Å². The summed E-state index contributed by atoms with van der Waals surface area (Å²) in [4.78, 5) is 0.404. The van der Waals surface area contributed by atoms with Crippen LogP contribution in [0.2, 0.25) is 0 Å². The maximum atomic E-state index is 4.83. The van der Waals surface area contributed by atoms with Gasteiger partial charge in [-0.1, -0.05) is 12.2 Å². The maximum absolute atomic E-state index is 4.83. The van der Waals surface area contributed by atoms with Crippen LogP contribution in [0.4, 0.5) is 0 Å². The van der Waals surface area contributed by atoms with E-state index >= 15 is 0 Å². The summed E-state index contributed by atoms with van der Waals surface area (Å²) in [5, 5.41) is 0.336. The molecule has 0 rings (SSSR count). The van der Waals surface area contributed by atoms with Gasteiger partial charge in [-0.05, 0) is 26.1 Å². The molecule has 0 aliphatic rings. The Bertz CT molecular complexity index is 109.